The minimum Gasteiger partial charge on any atom is -0.396 e. The predicted octanol–water partition coefficient (Wildman–Crippen LogP) is 2.78. The zero-order chi connectivity index (χ0) is 12.3. The van der Waals surface area contributed by atoms with Gasteiger partial charge in [0.25, 0.3) is 5.91 Å². The van der Waals surface area contributed by atoms with Crippen LogP contribution in [0.4, 0.5) is 0 Å². The van der Waals surface area contributed by atoms with Gasteiger partial charge in [0.05, 0.1) is 5.02 Å². The Hall–Kier alpha value is -0.580. The molecule has 0 aromatic carbocycles. The van der Waals surface area contributed by atoms with E-state index in [1.54, 1.807) is 6.07 Å². The summed E-state index contributed by atoms with van der Waals surface area (Å²) in [4.78, 5) is 14.8. The zero-order valence-corrected chi connectivity index (χ0v) is 11.1. The van der Waals surface area contributed by atoms with Crippen LogP contribution in [0.15, 0.2) is 11.4 Å². The van der Waals surface area contributed by atoms with Crippen molar-refractivity contribution in [1.82, 2.24) is 4.90 Å². The molecule has 1 heterocycles. The number of rotatable bonds is 5. The number of aliphatic hydroxyl groups is 1. The zero-order valence-electron chi connectivity index (χ0n) is 9.56. The number of halogens is 1. The summed E-state index contributed by atoms with van der Waals surface area (Å²) in [5, 5.41) is 11.3. The van der Waals surface area contributed by atoms with E-state index in [0.717, 1.165) is 12.8 Å². The summed E-state index contributed by atoms with van der Waals surface area (Å²) >= 11 is 7.38. The first-order chi connectivity index (χ1) is 8.24. The number of amides is 1. The Kier molecular flexibility index (Phi) is 4.42. The van der Waals surface area contributed by atoms with Crippen LogP contribution in [0, 0.1) is 0 Å². The van der Waals surface area contributed by atoms with Crippen molar-refractivity contribution >= 4 is 28.8 Å². The average Bonchev–Trinajstić information content (AvgIpc) is 2.67. The van der Waals surface area contributed by atoms with Crippen LogP contribution in [-0.4, -0.2) is 35.1 Å². The van der Waals surface area contributed by atoms with Gasteiger partial charge in [0.15, 0.2) is 0 Å². The molecule has 1 saturated carbocycles. The highest BCUT2D eigenvalue weighted by Gasteiger charge is 2.30. The Balaban J connectivity index is 2.09. The molecule has 0 radical (unpaired) electrons. The van der Waals surface area contributed by atoms with Crippen molar-refractivity contribution in [2.24, 2.45) is 0 Å². The summed E-state index contributed by atoms with van der Waals surface area (Å²) in [5.41, 5.74) is 0. The van der Waals surface area contributed by atoms with E-state index in [2.05, 4.69) is 0 Å². The third-order valence-electron chi connectivity index (χ3n) is 3.14. The van der Waals surface area contributed by atoms with Gasteiger partial charge in [-0.25, -0.2) is 0 Å². The minimum atomic E-state index is 0.0168. The van der Waals surface area contributed by atoms with E-state index < -0.39 is 0 Å². The van der Waals surface area contributed by atoms with Crippen molar-refractivity contribution in [1.29, 1.82) is 0 Å². The van der Waals surface area contributed by atoms with Crippen molar-refractivity contribution in [3.05, 3.63) is 21.3 Å². The van der Waals surface area contributed by atoms with Gasteiger partial charge in [0, 0.05) is 19.2 Å². The lowest BCUT2D eigenvalue weighted by atomic mass is 9.91. The molecule has 0 bridgehead atoms. The van der Waals surface area contributed by atoms with Crippen molar-refractivity contribution in [3.8, 4) is 0 Å². The first kappa shape index (κ1) is 12.9. The molecule has 0 saturated heterocycles. The first-order valence-corrected chi connectivity index (χ1v) is 7.14. The van der Waals surface area contributed by atoms with Crippen LogP contribution in [-0.2, 0) is 0 Å². The highest BCUT2D eigenvalue weighted by Crippen LogP contribution is 2.30. The molecule has 1 aliphatic carbocycles. The summed E-state index contributed by atoms with van der Waals surface area (Å²) in [6.07, 6.45) is 3.96. The number of carbonyl (C=O) groups excluding carboxylic acids is 1. The number of thiophene rings is 1. The van der Waals surface area contributed by atoms with E-state index in [1.807, 2.05) is 10.3 Å². The fourth-order valence-electron chi connectivity index (χ4n) is 1.97. The lowest BCUT2D eigenvalue weighted by Gasteiger charge is -2.37. The van der Waals surface area contributed by atoms with Crippen molar-refractivity contribution in [3.63, 3.8) is 0 Å². The predicted molar refractivity (Wildman–Crippen MR) is 69.7 cm³/mol. The standard InChI is InChI=1S/C12H16ClNO2S/c13-10-5-8-17-11(10)12(16)14(6-2-7-15)9-3-1-4-9/h5,8-9,15H,1-4,6-7H2. The molecule has 1 aromatic rings. The second-order valence-corrected chi connectivity index (χ2v) is 5.58. The second-order valence-electron chi connectivity index (χ2n) is 4.26. The Morgan fingerprint density at radius 1 is 1.59 bits per heavy atom. The van der Waals surface area contributed by atoms with Crippen LogP contribution in [0.3, 0.4) is 0 Å². The largest absolute Gasteiger partial charge is 0.396 e. The highest BCUT2D eigenvalue weighted by atomic mass is 35.5. The number of carbonyl (C=O) groups is 1. The summed E-state index contributed by atoms with van der Waals surface area (Å²) in [6.45, 7) is 0.739. The van der Waals surface area contributed by atoms with Crippen molar-refractivity contribution in [2.45, 2.75) is 31.7 Å². The van der Waals surface area contributed by atoms with E-state index in [9.17, 15) is 4.79 Å². The van der Waals surface area contributed by atoms with Crippen molar-refractivity contribution in [2.75, 3.05) is 13.2 Å². The van der Waals surface area contributed by atoms with Gasteiger partial charge in [0.1, 0.15) is 4.88 Å². The average molecular weight is 274 g/mol. The third kappa shape index (κ3) is 2.81. The third-order valence-corrected chi connectivity index (χ3v) is 4.47. The lowest BCUT2D eigenvalue weighted by Crippen LogP contribution is -2.44. The summed E-state index contributed by atoms with van der Waals surface area (Å²) in [5.74, 6) is 0.0168. The van der Waals surface area contributed by atoms with Crippen molar-refractivity contribution < 1.29 is 9.90 Å². The molecule has 1 aliphatic rings. The Bertz CT molecular complexity index is 390. The van der Waals surface area contributed by atoms with Gasteiger partial charge in [-0.1, -0.05) is 11.6 Å². The van der Waals surface area contributed by atoms with Crippen LogP contribution in [0.25, 0.3) is 0 Å². The molecule has 1 fully saturated rings. The molecule has 94 valence electrons. The summed E-state index contributed by atoms with van der Waals surface area (Å²) < 4.78 is 0. The monoisotopic (exact) mass is 273 g/mol. The van der Waals surface area contributed by atoms with Gasteiger partial charge in [-0.2, -0.15) is 0 Å². The second kappa shape index (κ2) is 5.85. The highest BCUT2D eigenvalue weighted by molar-refractivity contribution is 7.12. The molecule has 17 heavy (non-hydrogen) atoms. The lowest BCUT2D eigenvalue weighted by molar-refractivity contribution is 0.0567. The maximum Gasteiger partial charge on any atom is 0.265 e. The maximum absolute atomic E-state index is 12.3. The fourth-order valence-corrected chi connectivity index (χ4v) is 3.06. The van der Waals surface area contributed by atoms with Gasteiger partial charge in [-0.05, 0) is 37.1 Å². The number of aliphatic hydroxyl groups excluding tert-OH is 1. The fraction of sp³-hybridized carbons (Fsp3) is 0.583. The number of nitrogens with zero attached hydrogens (tertiary/aromatic N) is 1. The van der Waals surface area contributed by atoms with Gasteiger partial charge >= 0.3 is 0 Å². The molecule has 0 atom stereocenters. The molecule has 1 N–H and O–H groups in total. The number of hydrogen-bond donors (Lipinski definition) is 1. The Morgan fingerprint density at radius 3 is 2.82 bits per heavy atom. The van der Waals surface area contributed by atoms with Crippen LogP contribution in [0.1, 0.15) is 35.4 Å². The van der Waals surface area contributed by atoms with Crippen LogP contribution < -0.4 is 0 Å². The molecular formula is C12H16ClNO2S. The first-order valence-electron chi connectivity index (χ1n) is 5.89. The van der Waals surface area contributed by atoms with Gasteiger partial charge in [-0.15, -0.1) is 11.3 Å². The Morgan fingerprint density at radius 2 is 2.35 bits per heavy atom. The van der Waals surface area contributed by atoms with Gasteiger partial charge in [-0.3, -0.25) is 4.79 Å². The van der Waals surface area contributed by atoms with Gasteiger partial charge < -0.3 is 10.0 Å². The molecule has 1 aromatic heterocycles. The topological polar surface area (TPSA) is 40.5 Å². The molecule has 0 spiro atoms. The molecule has 3 nitrogen and oxygen atoms in total. The molecule has 5 heteroatoms. The van der Waals surface area contributed by atoms with E-state index in [1.165, 1.54) is 17.8 Å². The maximum atomic E-state index is 12.3. The molecule has 0 aliphatic heterocycles. The quantitative estimate of drug-likeness (QED) is 0.896. The molecule has 0 unspecified atom stereocenters. The molecular weight excluding hydrogens is 258 g/mol. The molecule has 2 rings (SSSR count). The minimum absolute atomic E-state index is 0.0168. The number of hydrogen-bond acceptors (Lipinski definition) is 3. The SMILES string of the molecule is O=C(c1sccc1Cl)N(CCCO)C1CCC1. The summed E-state index contributed by atoms with van der Waals surface area (Å²) in [7, 11) is 0. The van der Waals surface area contributed by atoms with Crippen LogP contribution in [0.2, 0.25) is 5.02 Å². The van der Waals surface area contributed by atoms with Gasteiger partial charge in [0.2, 0.25) is 0 Å². The van der Waals surface area contributed by atoms with E-state index in [4.69, 9.17) is 16.7 Å². The Labute approximate surface area is 110 Å². The smallest absolute Gasteiger partial charge is 0.265 e. The van der Waals surface area contributed by atoms with Crippen LogP contribution in [0.5, 0.6) is 0 Å². The summed E-state index contributed by atoms with van der Waals surface area (Å²) in [6, 6.07) is 2.09. The normalized spacial score (nSPS) is 15.6. The molecule has 1 amide bonds. The van der Waals surface area contributed by atoms with E-state index in [-0.39, 0.29) is 12.5 Å². The van der Waals surface area contributed by atoms with E-state index in [0.29, 0.717) is 28.9 Å². The van der Waals surface area contributed by atoms with Crippen LogP contribution >= 0.6 is 22.9 Å². The van der Waals surface area contributed by atoms with E-state index >= 15 is 0 Å².